The van der Waals surface area contributed by atoms with Gasteiger partial charge in [-0.15, -0.1) is 10.2 Å². The number of halogens is 2. The van der Waals surface area contributed by atoms with Gasteiger partial charge in [0.1, 0.15) is 11.4 Å². The maximum absolute atomic E-state index is 13.1. The van der Waals surface area contributed by atoms with E-state index in [1.165, 1.54) is 25.2 Å². The summed E-state index contributed by atoms with van der Waals surface area (Å²) in [5.74, 6) is -0.722. The van der Waals surface area contributed by atoms with Crippen LogP contribution in [0.5, 0.6) is 0 Å². The molecule has 4 aromatic rings. The summed E-state index contributed by atoms with van der Waals surface area (Å²) in [6.45, 7) is 2.80. The lowest BCUT2D eigenvalue weighted by molar-refractivity contribution is -0.117. The van der Waals surface area contributed by atoms with E-state index < -0.39 is 23.9 Å². The van der Waals surface area contributed by atoms with E-state index in [0.717, 1.165) is 35.3 Å². The topological polar surface area (TPSA) is 150 Å². The van der Waals surface area contributed by atoms with Crippen molar-refractivity contribution in [3.05, 3.63) is 71.4 Å². The number of hydrogen-bond acceptors (Lipinski definition) is 9. The van der Waals surface area contributed by atoms with Crippen molar-refractivity contribution >= 4 is 40.6 Å². The Morgan fingerprint density at radius 3 is 2.49 bits per heavy atom. The molecule has 0 unspecified atom stereocenters. The highest BCUT2D eigenvalue weighted by Gasteiger charge is 2.39. The number of anilines is 4. The number of rotatable bonds is 8. The largest absolute Gasteiger partial charge is 0.364 e. The van der Waals surface area contributed by atoms with E-state index in [-0.39, 0.29) is 41.1 Å². The molecule has 2 fully saturated rings. The Hall–Kier alpha value is -5.47. The molecule has 1 aliphatic carbocycles. The van der Waals surface area contributed by atoms with Crippen LogP contribution in [0, 0.1) is 5.92 Å². The summed E-state index contributed by atoms with van der Waals surface area (Å²) in [5.41, 5.74) is 4.46. The number of carbonyl (C=O) groups is 3. The van der Waals surface area contributed by atoms with Gasteiger partial charge in [-0.05, 0) is 38.0 Å². The molecule has 3 N–H and O–H groups in total. The van der Waals surface area contributed by atoms with Gasteiger partial charge >= 0.3 is 0 Å². The molecule has 0 radical (unpaired) electrons. The minimum absolute atomic E-state index is 0.00723. The van der Waals surface area contributed by atoms with Gasteiger partial charge < -0.3 is 25.8 Å². The van der Waals surface area contributed by atoms with Gasteiger partial charge in [-0.1, -0.05) is 18.2 Å². The molecule has 15 heteroatoms. The van der Waals surface area contributed by atoms with Gasteiger partial charge in [0.2, 0.25) is 5.91 Å². The highest BCUT2D eigenvalue weighted by atomic mass is 19.3. The van der Waals surface area contributed by atoms with Crippen molar-refractivity contribution in [1.82, 2.24) is 35.2 Å². The minimum atomic E-state index is -2.75. The third-order valence-electron chi connectivity index (χ3n) is 8.90. The molecule has 5 heterocycles. The number of nitrogens with zero attached hydrogens (tertiary/aromatic N) is 7. The Morgan fingerprint density at radius 1 is 1.00 bits per heavy atom. The molecule has 1 aromatic carbocycles. The maximum Gasteiger partial charge on any atom is 0.280 e. The molecule has 1 atom stereocenters. The first kappa shape index (κ1) is 30.2. The normalized spacial score (nSPS) is 17.1. The third kappa shape index (κ3) is 5.40. The zero-order valence-corrected chi connectivity index (χ0v) is 25.9. The predicted molar refractivity (Wildman–Crippen MR) is 169 cm³/mol. The Balaban J connectivity index is 1.16. The molecule has 13 nitrogen and oxygen atoms in total. The number of alkyl halides is 2. The molecule has 3 amide bonds. The fourth-order valence-corrected chi connectivity index (χ4v) is 6.09. The van der Waals surface area contributed by atoms with Crippen LogP contribution in [0.3, 0.4) is 0 Å². The lowest BCUT2D eigenvalue weighted by Crippen LogP contribution is -2.52. The van der Waals surface area contributed by atoms with Crippen molar-refractivity contribution in [2.75, 3.05) is 42.7 Å². The molecule has 7 rings (SSSR count). The zero-order valence-electron chi connectivity index (χ0n) is 25.9. The number of hydrogen-bond donors (Lipinski definition) is 3. The van der Waals surface area contributed by atoms with Crippen LogP contribution in [0.2, 0.25) is 0 Å². The van der Waals surface area contributed by atoms with E-state index in [1.54, 1.807) is 11.0 Å². The number of para-hydroxylation sites is 1. The van der Waals surface area contributed by atoms with Gasteiger partial charge in [-0.2, -0.15) is 5.10 Å². The summed E-state index contributed by atoms with van der Waals surface area (Å²) in [6.07, 6.45) is 0.740. The number of nitrogens with one attached hydrogen (secondary N) is 3. The quantitative estimate of drug-likeness (QED) is 0.255. The van der Waals surface area contributed by atoms with Crippen LogP contribution in [0.1, 0.15) is 70.6 Å². The second-order valence-corrected chi connectivity index (χ2v) is 11.9. The van der Waals surface area contributed by atoms with E-state index in [2.05, 4.69) is 43.0 Å². The molecule has 0 bridgehead atoms. The van der Waals surface area contributed by atoms with Gasteiger partial charge in [-0.25, -0.2) is 13.8 Å². The molecular weight excluding hydrogens is 610 g/mol. The highest BCUT2D eigenvalue weighted by molar-refractivity contribution is 6.01. The molecule has 2 aliphatic heterocycles. The van der Waals surface area contributed by atoms with Crippen molar-refractivity contribution in [3.63, 3.8) is 0 Å². The van der Waals surface area contributed by atoms with E-state index in [4.69, 9.17) is 5.10 Å². The number of benzene rings is 1. The van der Waals surface area contributed by atoms with Crippen LogP contribution in [-0.4, -0.2) is 74.8 Å². The monoisotopic (exact) mass is 642 g/mol. The summed E-state index contributed by atoms with van der Waals surface area (Å²) in [5, 5.41) is 21.7. The average Bonchev–Trinajstić information content (AvgIpc) is 3.82. The SMILES string of the molecule is CNC(=O)c1nnc(NC(=O)C2CC2)cc1Nc1cccc2c1N(C)[C@H](C)c1c-2cnn1C1CN(C(=O)c2cccc(C(F)F)n2)C1. The summed E-state index contributed by atoms with van der Waals surface area (Å²) in [4.78, 5) is 45.6. The van der Waals surface area contributed by atoms with Crippen molar-refractivity contribution in [3.8, 4) is 11.1 Å². The van der Waals surface area contributed by atoms with Crippen LogP contribution in [-0.2, 0) is 4.79 Å². The predicted octanol–water partition coefficient (Wildman–Crippen LogP) is 4.33. The smallest absolute Gasteiger partial charge is 0.280 e. The number of fused-ring (bicyclic) bond motifs is 3. The van der Waals surface area contributed by atoms with Crippen molar-refractivity contribution in [1.29, 1.82) is 0 Å². The molecule has 47 heavy (non-hydrogen) atoms. The van der Waals surface area contributed by atoms with Gasteiger partial charge in [0.15, 0.2) is 11.5 Å². The van der Waals surface area contributed by atoms with Gasteiger partial charge in [-0.3, -0.25) is 19.1 Å². The van der Waals surface area contributed by atoms with E-state index in [9.17, 15) is 23.2 Å². The number of carbonyl (C=O) groups excluding carboxylic acids is 3. The summed E-state index contributed by atoms with van der Waals surface area (Å²) in [7, 11) is 3.48. The van der Waals surface area contributed by atoms with E-state index in [1.807, 2.05) is 36.1 Å². The van der Waals surface area contributed by atoms with Crippen molar-refractivity contribution in [2.24, 2.45) is 5.92 Å². The summed E-state index contributed by atoms with van der Waals surface area (Å²) < 4.78 is 28.2. The zero-order chi connectivity index (χ0) is 33.0. The van der Waals surface area contributed by atoms with Crippen LogP contribution in [0.4, 0.5) is 31.7 Å². The first-order valence-corrected chi connectivity index (χ1v) is 15.3. The molecule has 3 aromatic heterocycles. The molecule has 1 saturated heterocycles. The summed E-state index contributed by atoms with van der Waals surface area (Å²) >= 11 is 0. The number of amides is 3. The Morgan fingerprint density at radius 2 is 1.77 bits per heavy atom. The second kappa shape index (κ2) is 11.7. The first-order valence-electron chi connectivity index (χ1n) is 15.3. The van der Waals surface area contributed by atoms with Gasteiger partial charge in [0.05, 0.1) is 41.0 Å². The Bertz CT molecular complexity index is 1900. The standard InChI is InChI=1S/C32H32F2N10O3/c1-16-27-20(13-36-44(27)18-14-43(15-18)32(47)23-9-5-8-22(38-23)29(33)34)19-6-4-7-21(28(19)42(16)3)37-24-12-25(39-30(45)17-10-11-17)40-41-26(24)31(46)35-2/h4-9,12-13,16-18,29H,10-11,14-15H2,1-3H3,(H,35,46)(H2,37,39,40,45)/t16-/m1/s1. The molecule has 1 saturated carbocycles. The van der Waals surface area contributed by atoms with Crippen molar-refractivity contribution in [2.45, 2.75) is 38.3 Å². The molecule has 0 spiro atoms. The second-order valence-electron chi connectivity index (χ2n) is 11.9. The highest BCUT2D eigenvalue weighted by Crippen LogP contribution is 2.49. The fraction of sp³-hybridized carbons (Fsp3) is 0.344. The summed E-state index contributed by atoms with van der Waals surface area (Å²) in [6, 6.07) is 11.3. The average molecular weight is 643 g/mol. The third-order valence-corrected chi connectivity index (χ3v) is 8.90. The Labute approximate surface area is 268 Å². The van der Waals surface area contributed by atoms with Crippen LogP contribution >= 0.6 is 0 Å². The van der Waals surface area contributed by atoms with Gasteiger partial charge in [0.25, 0.3) is 18.2 Å². The molecular formula is C32H32F2N10O3. The maximum atomic E-state index is 13.1. The van der Waals surface area contributed by atoms with Crippen LogP contribution in [0.25, 0.3) is 11.1 Å². The number of likely N-dealkylation sites (tertiary alicyclic amines) is 1. The van der Waals surface area contributed by atoms with Crippen LogP contribution < -0.4 is 20.9 Å². The number of pyridine rings is 1. The Kier molecular flexibility index (Phi) is 7.53. The first-order chi connectivity index (χ1) is 22.6. The lowest BCUT2D eigenvalue weighted by atomic mass is 9.93. The fourth-order valence-electron chi connectivity index (χ4n) is 6.09. The van der Waals surface area contributed by atoms with Crippen molar-refractivity contribution < 1.29 is 23.2 Å². The van der Waals surface area contributed by atoms with Crippen LogP contribution in [0.15, 0.2) is 48.7 Å². The minimum Gasteiger partial charge on any atom is -0.364 e. The molecule has 242 valence electrons. The van der Waals surface area contributed by atoms with E-state index in [0.29, 0.717) is 24.5 Å². The molecule has 3 aliphatic rings. The van der Waals surface area contributed by atoms with E-state index >= 15 is 0 Å². The van der Waals surface area contributed by atoms with Gasteiger partial charge in [0, 0.05) is 50.3 Å². The number of aromatic nitrogens is 5. The lowest BCUT2D eigenvalue weighted by Gasteiger charge is -2.42.